The summed E-state index contributed by atoms with van der Waals surface area (Å²) in [6.07, 6.45) is -0.124. The van der Waals surface area contributed by atoms with Crippen LogP contribution in [0.1, 0.15) is 37.6 Å². The third-order valence-electron chi connectivity index (χ3n) is 3.78. The number of amidine groups is 1. The largest absolute Gasteiger partial charge is 0.493 e. The average Bonchev–Trinajstić information content (AvgIpc) is 3.05. The van der Waals surface area contributed by atoms with E-state index < -0.39 is 17.1 Å². The molecule has 162 valence electrons. The normalized spacial score (nSPS) is 16.6. The molecule has 1 fully saturated rings. The monoisotopic (exact) mass is 436 g/mol. The van der Waals surface area contributed by atoms with Crippen molar-refractivity contribution in [3.63, 3.8) is 0 Å². The fourth-order valence-corrected chi connectivity index (χ4v) is 3.38. The molecular weight excluding hydrogens is 412 g/mol. The first-order valence-electron chi connectivity index (χ1n) is 9.08. The van der Waals surface area contributed by atoms with Crippen molar-refractivity contribution in [3.8, 4) is 11.5 Å². The molecule has 30 heavy (non-hydrogen) atoms. The lowest BCUT2D eigenvalue weighted by Crippen LogP contribution is -2.28. The van der Waals surface area contributed by atoms with Gasteiger partial charge in [0.1, 0.15) is 5.25 Å². The second-order valence-corrected chi connectivity index (χ2v) is 7.47. The van der Waals surface area contributed by atoms with Gasteiger partial charge in [0.2, 0.25) is 11.8 Å². The summed E-state index contributed by atoms with van der Waals surface area (Å²) >= 11 is 1.12. The predicted octanol–water partition coefficient (Wildman–Crippen LogP) is 2.19. The highest BCUT2D eigenvalue weighted by molar-refractivity contribution is 8.15. The minimum Gasteiger partial charge on any atom is -0.493 e. The molecule has 1 atom stereocenters. The van der Waals surface area contributed by atoms with Crippen LogP contribution in [-0.2, 0) is 14.3 Å². The van der Waals surface area contributed by atoms with Gasteiger partial charge in [-0.15, -0.1) is 5.10 Å². The molecule has 1 saturated heterocycles. The van der Waals surface area contributed by atoms with E-state index in [9.17, 15) is 14.4 Å². The first-order chi connectivity index (χ1) is 14.3. The second kappa shape index (κ2) is 10.6. The maximum absolute atomic E-state index is 12.6. The van der Waals surface area contributed by atoms with Crippen LogP contribution in [-0.4, -0.2) is 54.7 Å². The van der Waals surface area contributed by atoms with E-state index in [2.05, 4.69) is 20.8 Å². The number of hydrogen-bond donors (Lipinski definition) is 2. The molecule has 1 unspecified atom stereocenters. The average molecular weight is 436 g/mol. The SMILES string of the molecule is CCOC(=O)c1cc(OC)c(OC)cc1NC(=O)CC1S/C(=N/N=C(C)C)NC1=O. The maximum Gasteiger partial charge on any atom is 0.340 e. The quantitative estimate of drug-likeness (QED) is 0.363. The summed E-state index contributed by atoms with van der Waals surface area (Å²) in [7, 11) is 2.87. The third-order valence-corrected chi connectivity index (χ3v) is 4.85. The van der Waals surface area contributed by atoms with Gasteiger partial charge < -0.3 is 24.8 Å². The van der Waals surface area contributed by atoms with Gasteiger partial charge in [-0.25, -0.2) is 4.79 Å². The highest BCUT2D eigenvalue weighted by Gasteiger charge is 2.32. The van der Waals surface area contributed by atoms with Gasteiger partial charge in [0, 0.05) is 24.3 Å². The Hall–Kier alpha value is -3.08. The van der Waals surface area contributed by atoms with E-state index in [4.69, 9.17) is 14.2 Å². The summed E-state index contributed by atoms with van der Waals surface area (Å²) in [6.45, 7) is 5.40. The molecule has 10 nitrogen and oxygen atoms in total. The van der Waals surface area contributed by atoms with Crippen molar-refractivity contribution < 1.29 is 28.6 Å². The standard InChI is InChI=1S/C19H24N4O6S/c1-6-29-18(26)11-7-13(27-4)14(28-5)8-12(11)20-16(24)9-15-17(25)21-19(30-15)23-22-10(2)3/h7-8,15H,6,9H2,1-5H3,(H,20,24)(H,21,23,25). The fourth-order valence-electron chi connectivity index (χ4n) is 2.46. The number of amides is 2. The molecule has 0 radical (unpaired) electrons. The number of anilines is 1. The van der Waals surface area contributed by atoms with Gasteiger partial charge in [-0.1, -0.05) is 11.8 Å². The molecule has 1 aromatic carbocycles. The number of benzene rings is 1. The van der Waals surface area contributed by atoms with Crippen LogP contribution in [0, 0.1) is 0 Å². The van der Waals surface area contributed by atoms with Crippen molar-refractivity contribution >= 4 is 46.1 Å². The smallest absolute Gasteiger partial charge is 0.340 e. The Kier molecular flexibility index (Phi) is 8.22. The van der Waals surface area contributed by atoms with Gasteiger partial charge in [-0.2, -0.15) is 5.10 Å². The molecular formula is C19H24N4O6S. The van der Waals surface area contributed by atoms with Gasteiger partial charge in [0.05, 0.1) is 32.1 Å². The Morgan fingerprint density at radius 2 is 1.87 bits per heavy atom. The van der Waals surface area contributed by atoms with Gasteiger partial charge in [0.25, 0.3) is 0 Å². The van der Waals surface area contributed by atoms with Gasteiger partial charge in [0.15, 0.2) is 16.7 Å². The molecule has 2 N–H and O–H groups in total. The van der Waals surface area contributed by atoms with E-state index in [-0.39, 0.29) is 30.2 Å². The van der Waals surface area contributed by atoms with Crippen LogP contribution in [0.3, 0.4) is 0 Å². The number of hydrogen-bond acceptors (Lipinski definition) is 9. The highest BCUT2D eigenvalue weighted by atomic mass is 32.2. The number of methoxy groups -OCH3 is 2. The molecule has 2 rings (SSSR count). The lowest BCUT2D eigenvalue weighted by atomic mass is 10.1. The molecule has 1 heterocycles. The number of esters is 1. The lowest BCUT2D eigenvalue weighted by Gasteiger charge is -2.15. The second-order valence-electron chi connectivity index (χ2n) is 6.27. The number of carbonyl (C=O) groups is 3. The molecule has 0 bridgehead atoms. The van der Waals surface area contributed by atoms with E-state index in [1.165, 1.54) is 26.4 Å². The summed E-state index contributed by atoms with van der Waals surface area (Å²) in [6, 6.07) is 2.90. The Labute approximate surface area is 178 Å². The van der Waals surface area contributed by atoms with Gasteiger partial charge >= 0.3 is 5.97 Å². The van der Waals surface area contributed by atoms with Gasteiger partial charge in [-0.3, -0.25) is 9.59 Å². The molecule has 2 amide bonds. The van der Waals surface area contributed by atoms with Crippen molar-refractivity contribution in [3.05, 3.63) is 17.7 Å². The first kappa shape index (κ1) is 23.2. The lowest BCUT2D eigenvalue weighted by molar-refractivity contribution is -0.122. The number of carbonyl (C=O) groups excluding carboxylic acids is 3. The Balaban J connectivity index is 2.19. The Bertz CT molecular complexity index is 895. The number of thioether (sulfide) groups is 1. The topological polar surface area (TPSA) is 128 Å². The van der Waals surface area contributed by atoms with Crippen LogP contribution in [0.15, 0.2) is 22.3 Å². The molecule has 0 aliphatic carbocycles. The minimum absolute atomic E-state index is 0.112. The first-order valence-corrected chi connectivity index (χ1v) is 9.96. The van der Waals surface area contributed by atoms with Crippen molar-refractivity contribution in [2.24, 2.45) is 10.2 Å². The summed E-state index contributed by atoms with van der Waals surface area (Å²) in [5, 5.41) is 12.7. The molecule has 1 aliphatic rings. The summed E-state index contributed by atoms with van der Waals surface area (Å²) in [5.41, 5.74) is 1.04. The van der Waals surface area contributed by atoms with Crippen LogP contribution in [0.2, 0.25) is 0 Å². The maximum atomic E-state index is 12.6. The zero-order chi connectivity index (χ0) is 22.3. The number of rotatable bonds is 8. The zero-order valence-corrected chi connectivity index (χ0v) is 18.2. The molecule has 0 saturated carbocycles. The molecule has 0 spiro atoms. The van der Waals surface area contributed by atoms with E-state index in [1.807, 2.05) is 0 Å². The third kappa shape index (κ3) is 5.96. The Morgan fingerprint density at radius 1 is 1.20 bits per heavy atom. The Morgan fingerprint density at radius 3 is 2.47 bits per heavy atom. The summed E-state index contributed by atoms with van der Waals surface area (Å²) in [5.74, 6) is -0.774. The van der Waals surface area contributed by atoms with Crippen LogP contribution in [0.4, 0.5) is 5.69 Å². The van der Waals surface area contributed by atoms with Crippen molar-refractivity contribution in [2.75, 3.05) is 26.1 Å². The molecule has 1 aliphatic heterocycles. The number of ether oxygens (including phenoxy) is 3. The van der Waals surface area contributed by atoms with Crippen LogP contribution in [0.5, 0.6) is 11.5 Å². The van der Waals surface area contributed by atoms with E-state index in [1.54, 1.807) is 20.8 Å². The summed E-state index contributed by atoms with van der Waals surface area (Å²) < 4.78 is 15.5. The van der Waals surface area contributed by atoms with Crippen LogP contribution in [0.25, 0.3) is 0 Å². The van der Waals surface area contributed by atoms with Gasteiger partial charge in [-0.05, 0) is 20.8 Å². The zero-order valence-electron chi connectivity index (χ0n) is 17.4. The van der Waals surface area contributed by atoms with E-state index in [0.29, 0.717) is 16.7 Å². The van der Waals surface area contributed by atoms with E-state index in [0.717, 1.165) is 17.5 Å². The van der Waals surface area contributed by atoms with Crippen LogP contribution < -0.4 is 20.1 Å². The predicted molar refractivity (Wildman–Crippen MR) is 114 cm³/mol. The number of nitrogens with one attached hydrogen (secondary N) is 2. The van der Waals surface area contributed by atoms with Crippen LogP contribution >= 0.6 is 11.8 Å². The van der Waals surface area contributed by atoms with Crippen molar-refractivity contribution in [2.45, 2.75) is 32.4 Å². The highest BCUT2D eigenvalue weighted by Crippen LogP contribution is 2.34. The van der Waals surface area contributed by atoms with Crippen molar-refractivity contribution in [1.29, 1.82) is 0 Å². The molecule has 1 aromatic rings. The molecule has 11 heteroatoms. The summed E-state index contributed by atoms with van der Waals surface area (Å²) in [4.78, 5) is 37.0. The van der Waals surface area contributed by atoms with E-state index >= 15 is 0 Å². The fraction of sp³-hybridized carbons (Fsp3) is 0.421. The van der Waals surface area contributed by atoms with Crippen molar-refractivity contribution in [1.82, 2.24) is 5.32 Å². The molecule has 0 aromatic heterocycles. The number of nitrogens with zero attached hydrogens (tertiary/aromatic N) is 2. The minimum atomic E-state index is -0.665.